The highest BCUT2D eigenvalue weighted by Gasteiger charge is 2.33. The van der Waals surface area contributed by atoms with Gasteiger partial charge in [0.2, 0.25) is 21.8 Å². The Morgan fingerprint density at radius 1 is 1.09 bits per heavy atom. The van der Waals surface area contributed by atoms with Crippen LogP contribution in [0.4, 0.5) is 11.4 Å². The summed E-state index contributed by atoms with van der Waals surface area (Å²) in [5, 5.41) is 12.1. The van der Waals surface area contributed by atoms with Crippen molar-refractivity contribution in [3.63, 3.8) is 0 Å². The van der Waals surface area contributed by atoms with Crippen molar-refractivity contribution in [2.24, 2.45) is 0 Å². The summed E-state index contributed by atoms with van der Waals surface area (Å²) >= 11 is 0. The molecule has 4 rings (SSSR count). The van der Waals surface area contributed by atoms with E-state index in [-0.39, 0.29) is 54.4 Å². The van der Waals surface area contributed by atoms with Gasteiger partial charge in [0.1, 0.15) is 6.07 Å². The molecule has 0 saturated carbocycles. The number of rotatable bonds is 4. The number of amides is 2. The molecule has 2 aromatic rings. The Hall–Kier alpha value is -3.26. The first-order valence-corrected chi connectivity index (χ1v) is 12.2. The molecule has 172 valence electrons. The van der Waals surface area contributed by atoms with Crippen molar-refractivity contribution in [3.8, 4) is 6.07 Å². The van der Waals surface area contributed by atoms with Crippen molar-refractivity contribution >= 4 is 33.2 Å². The van der Waals surface area contributed by atoms with Crippen molar-refractivity contribution in [1.29, 1.82) is 5.26 Å². The molecular weight excluding hydrogens is 442 g/mol. The van der Waals surface area contributed by atoms with Gasteiger partial charge in [0.25, 0.3) is 0 Å². The number of sulfonamides is 1. The molecule has 1 atom stereocenters. The van der Waals surface area contributed by atoms with E-state index < -0.39 is 10.0 Å². The van der Waals surface area contributed by atoms with Crippen LogP contribution in [0.15, 0.2) is 53.4 Å². The molecule has 0 aromatic heterocycles. The van der Waals surface area contributed by atoms with E-state index in [2.05, 4.69) is 5.32 Å². The van der Waals surface area contributed by atoms with E-state index >= 15 is 0 Å². The van der Waals surface area contributed by atoms with Gasteiger partial charge in [0.15, 0.2) is 0 Å². The molecule has 0 bridgehead atoms. The number of nitrogens with one attached hydrogen (secondary N) is 1. The van der Waals surface area contributed by atoms with Gasteiger partial charge in [0, 0.05) is 38.6 Å². The predicted molar refractivity (Wildman–Crippen MR) is 123 cm³/mol. The molecule has 0 aliphatic carbocycles. The van der Waals surface area contributed by atoms with Crippen LogP contribution in [0, 0.1) is 11.3 Å². The van der Waals surface area contributed by atoms with Gasteiger partial charge in [-0.25, -0.2) is 8.42 Å². The lowest BCUT2D eigenvalue weighted by Gasteiger charge is -2.35. The maximum Gasteiger partial charge on any atom is 0.244 e. The zero-order valence-corrected chi connectivity index (χ0v) is 19.1. The molecule has 1 N–H and O–H groups in total. The van der Waals surface area contributed by atoms with Crippen LogP contribution in [0.3, 0.4) is 0 Å². The molecule has 2 heterocycles. The molecule has 0 spiro atoms. The van der Waals surface area contributed by atoms with E-state index in [9.17, 15) is 23.3 Å². The van der Waals surface area contributed by atoms with E-state index in [1.807, 2.05) is 36.1 Å². The molecule has 0 unspecified atom stereocenters. The first kappa shape index (κ1) is 22.9. The van der Waals surface area contributed by atoms with Crippen LogP contribution in [0.5, 0.6) is 0 Å². The minimum atomic E-state index is -3.79. The number of anilines is 2. The van der Waals surface area contributed by atoms with Crippen LogP contribution in [-0.4, -0.2) is 68.2 Å². The van der Waals surface area contributed by atoms with Gasteiger partial charge in [0.05, 0.1) is 28.4 Å². The first-order chi connectivity index (χ1) is 15.8. The molecule has 2 aliphatic heterocycles. The summed E-state index contributed by atoms with van der Waals surface area (Å²) in [6, 6.07) is 15.0. The number of hydrogen-bond acceptors (Lipinski definition) is 6. The van der Waals surface area contributed by atoms with Crippen molar-refractivity contribution in [1.82, 2.24) is 9.21 Å². The fraction of sp³-hybridized carbons (Fsp3) is 0.348. The highest BCUT2D eigenvalue weighted by Crippen LogP contribution is 2.31. The summed E-state index contributed by atoms with van der Waals surface area (Å²) in [7, 11) is -3.79. The van der Waals surface area contributed by atoms with Crippen LogP contribution in [-0.2, 0) is 19.6 Å². The minimum Gasteiger partial charge on any atom is -0.324 e. The zero-order valence-electron chi connectivity index (χ0n) is 18.3. The Labute approximate surface area is 193 Å². The quantitative estimate of drug-likeness (QED) is 0.731. The van der Waals surface area contributed by atoms with E-state index in [0.29, 0.717) is 24.5 Å². The van der Waals surface area contributed by atoms with Crippen LogP contribution in [0.25, 0.3) is 0 Å². The van der Waals surface area contributed by atoms with Gasteiger partial charge < -0.3 is 10.2 Å². The maximum absolute atomic E-state index is 13.3. The number of hydrogen-bond donors (Lipinski definition) is 1. The highest BCUT2D eigenvalue weighted by atomic mass is 32.2. The maximum atomic E-state index is 13.3. The second kappa shape index (κ2) is 9.31. The summed E-state index contributed by atoms with van der Waals surface area (Å²) in [5.74, 6) is -0.278. The number of para-hydroxylation sites is 2. The Morgan fingerprint density at radius 2 is 1.76 bits per heavy atom. The highest BCUT2D eigenvalue weighted by molar-refractivity contribution is 7.89. The Morgan fingerprint density at radius 3 is 2.48 bits per heavy atom. The molecule has 9 nitrogen and oxygen atoms in total. The average molecular weight is 468 g/mol. The molecule has 33 heavy (non-hydrogen) atoms. The van der Waals surface area contributed by atoms with Crippen molar-refractivity contribution in [2.75, 3.05) is 42.9 Å². The Balaban J connectivity index is 1.45. The third-order valence-electron chi connectivity index (χ3n) is 5.94. The smallest absolute Gasteiger partial charge is 0.244 e. The summed E-state index contributed by atoms with van der Waals surface area (Å²) in [6.07, 6.45) is 0.199. The third-order valence-corrected chi connectivity index (χ3v) is 7.90. The lowest BCUT2D eigenvalue weighted by Crippen LogP contribution is -2.52. The van der Waals surface area contributed by atoms with E-state index in [4.69, 9.17) is 0 Å². The van der Waals surface area contributed by atoms with Gasteiger partial charge >= 0.3 is 0 Å². The molecule has 0 radical (unpaired) electrons. The zero-order chi connectivity index (χ0) is 23.6. The second-order valence-electron chi connectivity index (χ2n) is 8.17. The summed E-state index contributed by atoms with van der Waals surface area (Å²) in [5.41, 5.74) is 1.38. The van der Waals surface area contributed by atoms with Gasteiger partial charge in [-0.3, -0.25) is 14.5 Å². The number of piperazine rings is 1. The van der Waals surface area contributed by atoms with E-state index in [1.165, 1.54) is 16.4 Å². The number of nitriles is 1. The van der Waals surface area contributed by atoms with Crippen molar-refractivity contribution < 1.29 is 18.0 Å². The average Bonchev–Trinajstić information content (AvgIpc) is 2.93. The SMILES string of the molecule is C[C@@H]1CC(=O)Nc2ccccc2N1C(=O)CN1CCN(S(=O)(=O)c2ccccc2C#N)CC1. The Bertz CT molecular complexity index is 1220. The van der Waals surface area contributed by atoms with Crippen LogP contribution in [0.2, 0.25) is 0 Å². The number of carbonyl (C=O) groups excluding carboxylic acids is 2. The number of carbonyl (C=O) groups is 2. The topological polar surface area (TPSA) is 114 Å². The van der Waals surface area contributed by atoms with Crippen LogP contribution in [0.1, 0.15) is 18.9 Å². The molecule has 2 aromatic carbocycles. The molecule has 1 fully saturated rings. The third kappa shape index (κ3) is 4.61. The van der Waals surface area contributed by atoms with Gasteiger partial charge in [-0.05, 0) is 31.2 Å². The lowest BCUT2D eigenvalue weighted by atomic mass is 10.1. The molecule has 2 aliphatic rings. The van der Waals surface area contributed by atoms with Gasteiger partial charge in [-0.1, -0.05) is 24.3 Å². The number of nitrogens with zero attached hydrogens (tertiary/aromatic N) is 4. The number of fused-ring (bicyclic) bond motifs is 1. The summed E-state index contributed by atoms with van der Waals surface area (Å²) < 4.78 is 27.4. The van der Waals surface area contributed by atoms with Crippen LogP contribution < -0.4 is 10.2 Å². The van der Waals surface area contributed by atoms with Gasteiger partial charge in [-0.15, -0.1) is 0 Å². The summed E-state index contributed by atoms with van der Waals surface area (Å²) in [6.45, 7) is 3.19. The predicted octanol–water partition coefficient (Wildman–Crippen LogP) is 1.63. The normalized spacial score (nSPS) is 19.8. The Kier molecular flexibility index (Phi) is 6.47. The lowest BCUT2D eigenvalue weighted by molar-refractivity contribution is -0.120. The van der Waals surface area contributed by atoms with Gasteiger partial charge in [-0.2, -0.15) is 9.57 Å². The molecule has 10 heteroatoms. The van der Waals surface area contributed by atoms with E-state index in [0.717, 1.165) is 0 Å². The fourth-order valence-electron chi connectivity index (χ4n) is 4.29. The molecule has 1 saturated heterocycles. The molecular formula is C23H25N5O4S. The minimum absolute atomic E-state index is 0.00388. The summed E-state index contributed by atoms with van der Waals surface area (Å²) in [4.78, 5) is 29.0. The fourth-order valence-corrected chi connectivity index (χ4v) is 5.85. The van der Waals surface area contributed by atoms with Crippen molar-refractivity contribution in [3.05, 3.63) is 54.1 Å². The second-order valence-corrected chi connectivity index (χ2v) is 10.1. The monoisotopic (exact) mass is 467 g/mol. The van der Waals surface area contributed by atoms with Crippen molar-refractivity contribution in [2.45, 2.75) is 24.3 Å². The molecule has 2 amide bonds. The standard InChI is InChI=1S/C23H25N5O4S/c1-17-14-22(29)25-19-7-3-4-8-20(19)28(17)23(30)16-26-10-12-27(13-11-26)33(31,32)21-9-5-2-6-18(21)15-24/h2-9,17H,10-14,16H2,1H3,(H,25,29)/t17-/m1/s1. The van der Waals surface area contributed by atoms with Crippen LogP contribution >= 0.6 is 0 Å². The largest absolute Gasteiger partial charge is 0.324 e. The number of benzene rings is 2. The van der Waals surface area contributed by atoms with E-state index in [1.54, 1.807) is 23.1 Å². The first-order valence-electron chi connectivity index (χ1n) is 10.7.